The van der Waals surface area contributed by atoms with Crippen LogP contribution in [0.25, 0.3) is 11.3 Å². The van der Waals surface area contributed by atoms with Crippen LogP contribution in [-0.4, -0.2) is 16.5 Å². The van der Waals surface area contributed by atoms with Gasteiger partial charge in [0.15, 0.2) is 0 Å². The van der Waals surface area contributed by atoms with Crippen LogP contribution < -0.4 is 5.32 Å². The van der Waals surface area contributed by atoms with E-state index in [0.717, 1.165) is 34.5 Å². The first-order valence-electron chi connectivity index (χ1n) is 7.55. The molecule has 3 rings (SSSR count). The molecule has 0 amide bonds. The highest BCUT2D eigenvalue weighted by molar-refractivity contribution is 9.10. The lowest BCUT2D eigenvalue weighted by molar-refractivity contribution is 0.999. The van der Waals surface area contributed by atoms with E-state index in [-0.39, 0.29) is 0 Å². The smallest absolute Gasteiger partial charge is 0.129 e. The maximum atomic E-state index is 9.01. The highest BCUT2D eigenvalue weighted by Gasteiger charge is 2.03. The first-order valence-corrected chi connectivity index (χ1v) is 8.35. The summed E-state index contributed by atoms with van der Waals surface area (Å²) in [6.07, 6.45) is 2.45. The lowest BCUT2D eigenvalue weighted by atomic mass is 10.1. The van der Waals surface area contributed by atoms with E-state index in [1.807, 2.05) is 36.4 Å². The predicted molar refractivity (Wildman–Crippen MR) is 98.5 cm³/mol. The van der Waals surface area contributed by atoms with Gasteiger partial charge in [-0.2, -0.15) is 5.26 Å². The quantitative estimate of drug-likeness (QED) is 0.712. The molecule has 1 N–H and O–H groups in total. The van der Waals surface area contributed by atoms with Crippen molar-refractivity contribution in [3.8, 4) is 17.3 Å². The monoisotopic (exact) mass is 378 g/mol. The molecule has 0 fully saturated rings. The molecule has 5 heteroatoms. The van der Waals surface area contributed by atoms with Gasteiger partial charge in [0.05, 0.1) is 17.3 Å². The van der Waals surface area contributed by atoms with E-state index in [9.17, 15) is 0 Å². The molecule has 0 atom stereocenters. The molecule has 0 radical (unpaired) electrons. The fourth-order valence-electron chi connectivity index (χ4n) is 2.35. The first kappa shape index (κ1) is 16.2. The van der Waals surface area contributed by atoms with Crippen LogP contribution in [0.3, 0.4) is 0 Å². The van der Waals surface area contributed by atoms with Crippen molar-refractivity contribution in [2.24, 2.45) is 0 Å². The van der Waals surface area contributed by atoms with Crippen LogP contribution in [0, 0.1) is 11.3 Å². The highest BCUT2D eigenvalue weighted by Crippen LogP contribution is 2.20. The summed E-state index contributed by atoms with van der Waals surface area (Å²) in [5.74, 6) is 0.777. The summed E-state index contributed by atoms with van der Waals surface area (Å²) in [4.78, 5) is 8.55. The van der Waals surface area contributed by atoms with Gasteiger partial charge in [0.2, 0.25) is 0 Å². The second-order valence-electron chi connectivity index (χ2n) is 5.28. The third-order valence-corrected chi connectivity index (χ3v) is 4.12. The van der Waals surface area contributed by atoms with E-state index in [0.29, 0.717) is 5.56 Å². The van der Waals surface area contributed by atoms with Crippen molar-refractivity contribution in [2.45, 2.75) is 6.42 Å². The zero-order chi connectivity index (χ0) is 16.8. The van der Waals surface area contributed by atoms with Gasteiger partial charge in [0.25, 0.3) is 0 Å². The molecule has 4 nitrogen and oxygen atoms in total. The number of benzene rings is 2. The molecule has 1 heterocycles. The fourth-order valence-corrected chi connectivity index (χ4v) is 2.61. The minimum atomic E-state index is 0.621. The highest BCUT2D eigenvalue weighted by atomic mass is 79.9. The van der Waals surface area contributed by atoms with E-state index in [1.54, 1.807) is 6.07 Å². The van der Waals surface area contributed by atoms with Crippen LogP contribution in [0.1, 0.15) is 11.1 Å². The molecule has 1 aromatic heterocycles. The molecule has 0 saturated heterocycles. The summed E-state index contributed by atoms with van der Waals surface area (Å²) in [7, 11) is 0. The van der Waals surface area contributed by atoms with E-state index in [1.165, 1.54) is 11.9 Å². The molecular formula is C19H15BrN4. The number of anilines is 1. The molecule has 2 aromatic carbocycles. The van der Waals surface area contributed by atoms with Crippen LogP contribution in [-0.2, 0) is 6.42 Å². The Morgan fingerprint density at radius 2 is 1.88 bits per heavy atom. The Morgan fingerprint density at radius 1 is 1.04 bits per heavy atom. The molecule has 0 saturated carbocycles. The lowest BCUT2D eigenvalue weighted by Gasteiger charge is -2.07. The van der Waals surface area contributed by atoms with E-state index in [4.69, 9.17) is 5.26 Å². The Bertz CT molecular complexity index is 869. The van der Waals surface area contributed by atoms with Crippen molar-refractivity contribution in [1.82, 2.24) is 9.97 Å². The molecular weight excluding hydrogens is 364 g/mol. The van der Waals surface area contributed by atoms with Crippen LogP contribution in [0.5, 0.6) is 0 Å². The van der Waals surface area contributed by atoms with E-state index in [2.05, 4.69) is 49.4 Å². The first-order chi connectivity index (χ1) is 11.7. The molecule has 0 spiro atoms. The van der Waals surface area contributed by atoms with Gasteiger partial charge in [0, 0.05) is 22.6 Å². The summed E-state index contributed by atoms with van der Waals surface area (Å²) in [6.45, 7) is 0.788. The minimum Gasteiger partial charge on any atom is -0.370 e. The average Bonchev–Trinajstić information content (AvgIpc) is 2.64. The zero-order valence-corrected chi connectivity index (χ0v) is 14.5. The molecule has 0 aliphatic rings. The number of nitrogens with zero attached hydrogens (tertiary/aromatic N) is 3. The predicted octanol–water partition coefficient (Wildman–Crippen LogP) is 4.43. The second-order valence-corrected chi connectivity index (χ2v) is 6.20. The number of halogens is 1. The Kier molecular flexibility index (Phi) is 5.19. The summed E-state index contributed by atoms with van der Waals surface area (Å²) in [5.41, 5.74) is 3.60. The average molecular weight is 379 g/mol. The largest absolute Gasteiger partial charge is 0.370 e. The molecule has 0 unspecified atom stereocenters. The van der Waals surface area contributed by atoms with Gasteiger partial charge in [-0.15, -0.1) is 0 Å². The number of aromatic nitrogens is 2. The van der Waals surface area contributed by atoms with Crippen LogP contribution in [0.15, 0.2) is 65.4 Å². The SMILES string of the molecule is N#Cc1cccc(-c2cc(NCCc3ccc(Br)cc3)ncn2)c1. The Morgan fingerprint density at radius 3 is 2.67 bits per heavy atom. The van der Waals surface area contributed by atoms with E-state index >= 15 is 0 Å². The molecule has 0 aliphatic heterocycles. The minimum absolute atomic E-state index is 0.621. The van der Waals surface area contributed by atoms with Gasteiger partial charge < -0.3 is 5.32 Å². The van der Waals surface area contributed by atoms with Gasteiger partial charge in [-0.25, -0.2) is 9.97 Å². The Balaban J connectivity index is 1.67. The maximum absolute atomic E-state index is 9.01. The molecule has 24 heavy (non-hydrogen) atoms. The molecule has 0 aliphatic carbocycles. The van der Waals surface area contributed by atoms with Crippen LogP contribution in [0.4, 0.5) is 5.82 Å². The number of rotatable bonds is 5. The van der Waals surface area contributed by atoms with Crippen molar-refractivity contribution in [3.63, 3.8) is 0 Å². The van der Waals surface area contributed by atoms with Crippen LogP contribution in [0.2, 0.25) is 0 Å². The molecule has 118 valence electrons. The third kappa shape index (κ3) is 4.18. The normalized spacial score (nSPS) is 10.2. The van der Waals surface area contributed by atoms with Gasteiger partial charge in [-0.3, -0.25) is 0 Å². The summed E-state index contributed by atoms with van der Waals surface area (Å²) in [5, 5.41) is 12.3. The number of hydrogen-bond donors (Lipinski definition) is 1. The number of nitriles is 1. The third-order valence-electron chi connectivity index (χ3n) is 3.59. The summed E-state index contributed by atoms with van der Waals surface area (Å²) in [6, 6.07) is 19.7. The number of nitrogens with one attached hydrogen (secondary N) is 1. The summed E-state index contributed by atoms with van der Waals surface area (Å²) >= 11 is 3.44. The van der Waals surface area contributed by atoms with E-state index < -0.39 is 0 Å². The Hall–Kier alpha value is -2.71. The van der Waals surface area contributed by atoms with Gasteiger partial charge in [-0.1, -0.05) is 40.2 Å². The standard InChI is InChI=1S/C19H15BrN4/c20-17-6-4-14(5-7-17)8-9-22-19-11-18(23-13-24-19)16-3-1-2-15(10-16)12-21/h1-7,10-11,13H,8-9H2,(H,22,23,24). The maximum Gasteiger partial charge on any atom is 0.129 e. The second kappa shape index (κ2) is 7.71. The van der Waals surface area contributed by atoms with Crippen molar-refractivity contribution in [1.29, 1.82) is 5.26 Å². The van der Waals surface area contributed by atoms with Gasteiger partial charge in [-0.05, 0) is 36.2 Å². The van der Waals surface area contributed by atoms with Crippen LogP contribution >= 0.6 is 15.9 Å². The molecule has 0 bridgehead atoms. The number of hydrogen-bond acceptors (Lipinski definition) is 4. The van der Waals surface area contributed by atoms with Gasteiger partial charge in [0.1, 0.15) is 12.1 Å². The Labute approximate surface area is 149 Å². The van der Waals surface area contributed by atoms with Crippen molar-refractivity contribution >= 4 is 21.7 Å². The summed E-state index contributed by atoms with van der Waals surface area (Å²) < 4.78 is 1.08. The van der Waals surface area contributed by atoms with Gasteiger partial charge >= 0.3 is 0 Å². The topological polar surface area (TPSA) is 61.6 Å². The zero-order valence-electron chi connectivity index (χ0n) is 12.9. The lowest BCUT2D eigenvalue weighted by Crippen LogP contribution is -2.06. The fraction of sp³-hybridized carbons (Fsp3) is 0.105. The molecule has 3 aromatic rings. The van der Waals surface area contributed by atoms with Crippen molar-refractivity contribution < 1.29 is 0 Å². The van der Waals surface area contributed by atoms with Crippen molar-refractivity contribution in [2.75, 3.05) is 11.9 Å². The van der Waals surface area contributed by atoms with Crippen molar-refractivity contribution in [3.05, 3.63) is 76.5 Å².